The van der Waals surface area contributed by atoms with Crippen molar-refractivity contribution in [1.29, 1.82) is 0 Å². The van der Waals surface area contributed by atoms with Crippen molar-refractivity contribution in [2.24, 2.45) is 0 Å². The van der Waals surface area contributed by atoms with Crippen LogP contribution in [-0.2, 0) is 0 Å². The second kappa shape index (κ2) is 6.82. The predicted octanol–water partition coefficient (Wildman–Crippen LogP) is 1.88. The van der Waals surface area contributed by atoms with E-state index in [2.05, 4.69) is 15.0 Å². The maximum Gasteiger partial charge on any atom is 0.317 e. The zero-order valence-corrected chi connectivity index (χ0v) is 13.8. The summed E-state index contributed by atoms with van der Waals surface area (Å²) in [6.45, 7) is 4.91. The maximum absolute atomic E-state index is 12.5. The minimum atomic E-state index is -0.159. The molecule has 7 heteroatoms. The van der Waals surface area contributed by atoms with Gasteiger partial charge in [0, 0.05) is 24.1 Å². The standard InChI is InChI=1S/C17H20N4O3/c1-11-6-12(2)20-17(19-11)24-15-4-3-5-21(10-15)16(23)13-7-14(22)9-18-8-13/h6-9,15,22H,3-5,10H2,1-2H3. The molecule has 0 spiro atoms. The van der Waals surface area contributed by atoms with E-state index in [0.29, 0.717) is 24.7 Å². The third kappa shape index (κ3) is 3.79. The van der Waals surface area contributed by atoms with Crippen molar-refractivity contribution in [1.82, 2.24) is 19.9 Å². The molecule has 7 nitrogen and oxygen atoms in total. The first-order valence-corrected chi connectivity index (χ1v) is 7.93. The minimum absolute atomic E-state index is 0.0192. The van der Waals surface area contributed by atoms with Crippen molar-refractivity contribution in [3.8, 4) is 11.8 Å². The smallest absolute Gasteiger partial charge is 0.317 e. The number of carbonyl (C=O) groups excluding carboxylic acids is 1. The Morgan fingerprint density at radius 3 is 2.71 bits per heavy atom. The number of likely N-dealkylation sites (tertiary alicyclic amines) is 1. The highest BCUT2D eigenvalue weighted by Gasteiger charge is 2.26. The molecule has 3 heterocycles. The molecular formula is C17H20N4O3. The number of aromatic nitrogens is 3. The molecule has 1 saturated heterocycles. The van der Waals surface area contributed by atoms with E-state index in [0.717, 1.165) is 24.2 Å². The molecule has 1 fully saturated rings. The van der Waals surface area contributed by atoms with Gasteiger partial charge in [0.15, 0.2) is 0 Å². The van der Waals surface area contributed by atoms with Gasteiger partial charge in [-0.3, -0.25) is 9.78 Å². The molecule has 0 radical (unpaired) electrons. The Hall–Kier alpha value is -2.70. The molecule has 0 saturated carbocycles. The molecule has 1 aliphatic heterocycles. The SMILES string of the molecule is Cc1cc(C)nc(OC2CCCN(C(=O)c3cncc(O)c3)C2)n1. The van der Waals surface area contributed by atoms with E-state index >= 15 is 0 Å². The number of pyridine rings is 1. The van der Waals surface area contributed by atoms with E-state index < -0.39 is 0 Å². The molecule has 1 unspecified atom stereocenters. The first kappa shape index (κ1) is 16.2. The highest BCUT2D eigenvalue weighted by Crippen LogP contribution is 2.19. The quantitative estimate of drug-likeness (QED) is 0.925. The summed E-state index contributed by atoms with van der Waals surface area (Å²) in [7, 11) is 0. The summed E-state index contributed by atoms with van der Waals surface area (Å²) in [4.78, 5) is 26.7. The molecule has 1 aliphatic rings. The second-order valence-electron chi connectivity index (χ2n) is 6.00. The Bertz CT molecular complexity index is 730. The maximum atomic E-state index is 12.5. The van der Waals surface area contributed by atoms with Crippen molar-refractivity contribution in [3.05, 3.63) is 41.5 Å². The molecule has 1 atom stereocenters. The highest BCUT2D eigenvalue weighted by molar-refractivity contribution is 5.94. The summed E-state index contributed by atoms with van der Waals surface area (Å²) in [5.74, 6) is -0.178. The van der Waals surface area contributed by atoms with Gasteiger partial charge in [0.25, 0.3) is 5.91 Å². The van der Waals surface area contributed by atoms with Crippen LogP contribution in [0.3, 0.4) is 0 Å². The second-order valence-corrected chi connectivity index (χ2v) is 6.00. The van der Waals surface area contributed by atoms with Crippen molar-refractivity contribution in [2.45, 2.75) is 32.8 Å². The van der Waals surface area contributed by atoms with Gasteiger partial charge in [-0.1, -0.05) is 0 Å². The molecular weight excluding hydrogens is 308 g/mol. The molecule has 3 rings (SSSR count). The van der Waals surface area contributed by atoms with Crippen LogP contribution in [0.4, 0.5) is 0 Å². The number of ether oxygens (including phenoxy) is 1. The molecule has 0 aromatic carbocycles. The van der Waals surface area contributed by atoms with Gasteiger partial charge in [-0.05, 0) is 38.8 Å². The summed E-state index contributed by atoms with van der Waals surface area (Å²) >= 11 is 0. The largest absolute Gasteiger partial charge is 0.506 e. The lowest BCUT2D eigenvalue weighted by Gasteiger charge is -2.32. The lowest BCUT2D eigenvalue weighted by Crippen LogP contribution is -2.44. The first-order chi connectivity index (χ1) is 11.5. The number of rotatable bonds is 3. The Balaban J connectivity index is 1.69. The third-order valence-electron chi connectivity index (χ3n) is 3.87. The molecule has 0 bridgehead atoms. The van der Waals surface area contributed by atoms with Gasteiger partial charge in [0.1, 0.15) is 11.9 Å². The molecule has 126 valence electrons. The summed E-state index contributed by atoms with van der Waals surface area (Å²) < 4.78 is 5.88. The fourth-order valence-electron chi connectivity index (χ4n) is 2.84. The van der Waals surface area contributed by atoms with Gasteiger partial charge in [0.2, 0.25) is 0 Å². The molecule has 1 N–H and O–H groups in total. The van der Waals surface area contributed by atoms with Crippen LogP contribution in [0.2, 0.25) is 0 Å². The monoisotopic (exact) mass is 328 g/mol. The van der Waals surface area contributed by atoms with Crippen molar-refractivity contribution >= 4 is 5.91 Å². The van der Waals surface area contributed by atoms with Crippen LogP contribution in [0, 0.1) is 13.8 Å². The molecule has 1 amide bonds. The van der Waals surface area contributed by atoms with Crippen LogP contribution in [0.15, 0.2) is 24.5 Å². The number of aryl methyl sites for hydroxylation is 2. The van der Waals surface area contributed by atoms with Crippen LogP contribution in [0.1, 0.15) is 34.6 Å². The Morgan fingerprint density at radius 2 is 2.00 bits per heavy atom. The summed E-state index contributed by atoms with van der Waals surface area (Å²) in [6, 6.07) is 3.66. The number of piperidine rings is 1. The molecule has 2 aromatic rings. The average Bonchev–Trinajstić information content (AvgIpc) is 2.53. The molecule has 24 heavy (non-hydrogen) atoms. The van der Waals surface area contributed by atoms with E-state index in [-0.39, 0.29) is 17.8 Å². The Morgan fingerprint density at radius 1 is 1.25 bits per heavy atom. The van der Waals surface area contributed by atoms with E-state index in [1.165, 1.54) is 18.5 Å². The van der Waals surface area contributed by atoms with Crippen LogP contribution in [0.5, 0.6) is 11.8 Å². The van der Waals surface area contributed by atoms with Gasteiger partial charge >= 0.3 is 6.01 Å². The topological polar surface area (TPSA) is 88.4 Å². The van der Waals surface area contributed by atoms with Crippen LogP contribution < -0.4 is 4.74 Å². The van der Waals surface area contributed by atoms with Crippen LogP contribution >= 0.6 is 0 Å². The van der Waals surface area contributed by atoms with Gasteiger partial charge < -0.3 is 14.7 Å². The van der Waals surface area contributed by atoms with Crippen molar-refractivity contribution in [3.63, 3.8) is 0 Å². The number of nitrogens with zero attached hydrogens (tertiary/aromatic N) is 4. The van der Waals surface area contributed by atoms with E-state index in [1.807, 2.05) is 19.9 Å². The summed E-state index contributed by atoms with van der Waals surface area (Å²) in [5.41, 5.74) is 2.08. The lowest BCUT2D eigenvalue weighted by atomic mass is 10.1. The van der Waals surface area contributed by atoms with Crippen LogP contribution in [0.25, 0.3) is 0 Å². The zero-order chi connectivity index (χ0) is 17.1. The van der Waals surface area contributed by atoms with Gasteiger partial charge in [-0.25, -0.2) is 9.97 Å². The van der Waals surface area contributed by atoms with E-state index in [1.54, 1.807) is 4.90 Å². The van der Waals surface area contributed by atoms with Gasteiger partial charge in [-0.15, -0.1) is 0 Å². The molecule has 0 aliphatic carbocycles. The number of hydrogen-bond donors (Lipinski definition) is 1. The van der Waals surface area contributed by atoms with E-state index in [4.69, 9.17) is 4.74 Å². The highest BCUT2D eigenvalue weighted by atomic mass is 16.5. The summed E-state index contributed by atoms with van der Waals surface area (Å²) in [6.07, 6.45) is 4.30. The normalized spacial score (nSPS) is 17.6. The minimum Gasteiger partial charge on any atom is -0.506 e. The average molecular weight is 328 g/mol. The fourth-order valence-corrected chi connectivity index (χ4v) is 2.84. The third-order valence-corrected chi connectivity index (χ3v) is 3.87. The fraction of sp³-hybridized carbons (Fsp3) is 0.412. The predicted molar refractivity (Wildman–Crippen MR) is 87.0 cm³/mol. The molecule has 2 aromatic heterocycles. The Labute approximate surface area is 140 Å². The van der Waals surface area contributed by atoms with Gasteiger partial charge in [0.05, 0.1) is 18.3 Å². The lowest BCUT2D eigenvalue weighted by molar-refractivity contribution is 0.0514. The summed E-state index contributed by atoms with van der Waals surface area (Å²) in [5, 5.41) is 9.48. The van der Waals surface area contributed by atoms with Crippen molar-refractivity contribution in [2.75, 3.05) is 13.1 Å². The van der Waals surface area contributed by atoms with E-state index in [9.17, 15) is 9.90 Å². The number of amides is 1. The first-order valence-electron chi connectivity index (χ1n) is 7.93. The Kier molecular flexibility index (Phi) is 4.59. The number of hydrogen-bond acceptors (Lipinski definition) is 6. The van der Waals surface area contributed by atoms with Gasteiger partial charge in [-0.2, -0.15) is 0 Å². The van der Waals surface area contributed by atoms with Crippen LogP contribution in [-0.4, -0.2) is 50.1 Å². The zero-order valence-electron chi connectivity index (χ0n) is 13.8. The number of aromatic hydroxyl groups is 1. The number of carbonyl (C=O) groups is 1. The van der Waals surface area contributed by atoms with Crippen molar-refractivity contribution < 1.29 is 14.6 Å².